The predicted molar refractivity (Wildman–Crippen MR) is 65.1 cm³/mol. The summed E-state index contributed by atoms with van der Waals surface area (Å²) in [6, 6.07) is 3.67. The summed E-state index contributed by atoms with van der Waals surface area (Å²) in [5, 5.41) is 7.11. The fourth-order valence-electron chi connectivity index (χ4n) is 1.18. The highest BCUT2D eigenvalue weighted by Crippen LogP contribution is 2.30. The van der Waals surface area contributed by atoms with E-state index in [9.17, 15) is 8.42 Å². The molecule has 16 heavy (non-hydrogen) atoms. The molecule has 0 aliphatic heterocycles. The van der Waals surface area contributed by atoms with Gasteiger partial charge in [-0.05, 0) is 28.1 Å². The van der Waals surface area contributed by atoms with E-state index in [-0.39, 0.29) is 5.16 Å². The number of nitrogens with zero attached hydrogens (tertiary/aromatic N) is 3. The Balaban J connectivity index is 2.58. The number of hydrogen-bond acceptors (Lipinski definition) is 5. The SMILES string of the molecule is Cn1c(-c2ccc(Br)s2)nnc1S(=O)(=O)Cl. The maximum absolute atomic E-state index is 11.1. The Morgan fingerprint density at radius 1 is 1.44 bits per heavy atom. The third-order valence-corrected chi connectivity index (χ3v) is 4.67. The number of halogens is 2. The van der Waals surface area contributed by atoms with Crippen LogP contribution >= 0.6 is 37.9 Å². The zero-order chi connectivity index (χ0) is 11.9. The van der Waals surface area contributed by atoms with Gasteiger partial charge in [-0.3, -0.25) is 4.57 Å². The largest absolute Gasteiger partial charge is 0.299 e. The first kappa shape index (κ1) is 12.0. The fourth-order valence-corrected chi connectivity index (χ4v) is 3.54. The fraction of sp³-hybridized carbons (Fsp3) is 0.143. The molecule has 9 heteroatoms. The third kappa shape index (κ3) is 2.15. The molecule has 0 aliphatic carbocycles. The molecule has 0 spiro atoms. The summed E-state index contributed by atoms with van der Waals surface area (Å²) < 4.78 is 24.6. The van der Waals surface area contributed by atoms with Crippen LogP contribution in [0.3, 0.4) is 0 Å². The van der Waals surface area contributed by atoms with E-state index in [1.165, 1.54) is 15.9 Å². The van der Waals surface area contributed by atoms with Crippen molar-refractivity contribution in [2.75, 3.05) is 0 Å². The van der Waals surface area contributed by atoms with Crippen LogP contribution in [-0.4, -0.2) is 23.2 Å². The average Bonchev–Trinajstić information content (AvgIpc) is 2.70. The molecule has 86 valence electrons. The van der Waals surface area contributed by atoms with Gasteiger partial charge in [0.2, 0.25) is 0 Å². The molecule has 0 aliphatic rings. The van der Waals surface area contributed by atoms with Crippen molar-refractivity contribution < 1.29 is 8.42 Å². The molecule has 0 saturated heterocycles. The summed E-state index contributed by atoms with van der Waals surface area (Å²) in [7, 11) is 2.91. The maximum Gasteiger partial charge on any atom is 0.296 e. The zero-order valence-corrected chi connectivity index (χ0v) is 11.9. The molecule has 0 bridgehead atoms. The van der Waals surface area contributed by atoms with E-state index in [2.05, 4.69) is 26.1 Å². The van der Waals surface area contributed by atoms with Gasteiger partial charge in [0.15, 0.2) is 5.82 Å². The number of rotatable bonds is 2. The quantitative estimate of drug-likeness (QED) is 0.785. The molecule has 0 fully saturated rings. The van der Waals surface area contributed by atoms with E-state index in [1.807, 2.05) is 12.1 Å². The summed E-state index contributed by atoms with van der Waals surface area (Å²) in [6.07, 6.45) is 0. The van der Waals surface area contributed by atoms with Crippen molar-refractivity contribution in [2.45, 2.75) is 5.16 Å². The number of thiophene rings is 1. The predicted octanol–water partition coefficient (Wildman–Crippen LogP) is 2.23. The third-order valence-electron chi connectivity index (χ3n) is 1.85. The molecule has 0 atom stereocenters. The lowest BCUT2D eigenvalue weighted by Gasteiger charge is -1.98. The van der Waals surface area contributed by atoms with Gasteiger partial charge < -0.3 is 0 Å². The van der Waals surface area contributed by atoms with Crippen molar-refractivity contribution >= 4 is 47.0 Å². The second-order valence-electron chi connectivity index (χ2n) is 2.91. The standard InChI is InChI=1S/C7H5BrClN3O2S2/c1-12-6(4-2-3-5(8)15-4)10-11-7(12)16(9,13)14/h2-3H,1H3. The lowest BCUT2D eigenvalue weighted by molar-refractivity contribution is 0.593. The molecule has 0 radical (unpaired) electrons. The summed E-state index contributed by atoms with van der Waals surface area (Å²) in [5.41, 5.74) is 0. The van der Waals surface area contributed by atoms with Crippen molar-refractivity contribution in [1.29, 1.82) is 0 Å². The van der Waals surface area contributed by atoms with Crippen molar-refractivity contribution in [2.24, 2.45) is 7.05 Å². The van der Waals surface area contributed by atoms with Gasteiger partial charge in [-0.25, -0.2) is 8.42 Å². The normalized spacial score (nSPS) is 11.9. The van der Waals surface area contributed by atoms with E-state index in [1.54, 1.807) is 7.05 Å². The molecule has 2 heterocycles. The second-order valence-corrected chi connectivity index (χ2v) is 7.83. The highest BCUT2D eigenvalue weighted by molar-refractivity contribution is 9.11. The first-order valence-electron chi connectivity index (χ1n) is 3.99. The maximum atomic E-state index is 11.1. The van der Waals surface area contributed by atoms with Crippen LogP contribution < -0.4 is 0 Å². The minimum absolute atomic E-state index is 0.256. The highest BCUT2D eigenvalue weighted by Gasteiger charge is 2.21. The average molecular weight is 343 g/mol. The van der Waals surface area contributed by atoms with Gasteiger partial charge in [0.05, 0.1) is 8.66 Å². The van der Waals surface area contributed by atoms with Crippen molar-refractivity contribution in [3.63, 3.8) is 0 Å². The molecule has 0 unspecified atom stereocenters. The molecule has 2 aromatic rings. The molecular weight excluding hydrogens is 338 g/mol. The summed E-state index contributed by atoms with van der Waals surface area (Å²) in [5.74, 6) is 0.468. The van der Waals surface area contributed by atoms with Crippen molar-refractivity contribution in [1.82, 2.24) is 14.8 Å². The van der Waals surface area contributed by atoms with Crippen LogP contribution in [0.4, 0.5) is 0 Å². The Labute approximate surface area is 109 Å². The summed E-state index contributed by atoms with van der Waals surface area (Å²) >= 11 is 4.75. The van der Waals surface area contributed by atoms with Gasteiger partial charge in [-0.1, -0.05) is 0 Å². The Morgan fingerprint density at radius 3 is 2.56 bits per heavy atom. The smallest absolute Gasteiger partial charge is 0.296 e. The van der Waals surface area contributed by atoms with Gasteiger partial charge in [0.25, 0.3) is 14.2 Å². The van der Waals surface area contributed by atoms with Crippen molar-refractivity contribution in [3.05, 3.63) is 15.9 Å². The minimum atomic E-state index is -3.86. The van der Waals surface area contributed by atoms with E-state index < -0.39 is 9.05 Å². The van der Waals surface area contributed by atoms with Gasteiger partial charge in [0.1, 0.15) is 0 Å². The van der Waals surface area contributed by atoms with E-state index in [0.717, 1.165) is 8.66 Å². The Bertz CT molecular complexity index is 634. The zero-order valence-electron chi connectivity index (χ0n) is 7.89. The van der Waals surface area contributed by atoms with Gasteiger partial charge in [-0.15, -0.1) is 21.5 Å². The Hall–Kier alpha value is -0.440. The second kappa shape index (κ2) is 4.10. The van der Waals surface area contributed by atoms with Crippen LogP contribution in [0, 0.1) is 0 Å². The van der Waals surface area contributed by atoms with Gasteiger partial charge in [0, 0.05) is 17.7 Å². The lowest BCUT2D eigenvalue weighted by atomic mass is 10.4. The highest BCUT2D eigenvalue weighted by atomic mass is 79.9. The molecular formula is C7H5BrClN3O2S2. The van der Waals surface area contributed by atoms with E-state index in [0.29, 0.717) is 5.82 Å². The Kier molecular flexibility index (Phi) is 3.08. The van der Waals surface area contributed by atoms with E-state index in [4.69, 9.17) is 10.7 Å². The molecule has 2 aromatic heterocycles. The van der Waals surface area contributed by atoms with E-state index >= 15 is 0 Å². The topological polar surface area (TPSA) is 64.8 Å². The van der Waals surface area contributed by atoms with Gasteiger partial charge >= 0.3 is 0 Å². The molecule has 0 aromatic carbocycles. The van der Waals surface area contributed by atoms with Crippen LogP contribution in [-0.2, 0) is 16.1 Å². The van der Waals surface area contributed by atoms with Crippen LogP contribution in [0.15, 0.2) is 21.1 Å². The van der Waals surface area contributed by atoms with Crippen LogP contribution in [0.5, 0.6) is 0 Å². The lowest BCUT2D eigenvalue weighted by Crippen LogP contribution is -2.02. The molecule has 0 N–H and O–H groups in total. The van der Waals surface area contributed by atoms with Crippen LogP contribution in [0.25, 0.3) is 10.7 Å². The number of aromatic nitrogens is 3. The molecule has 0 saturated carbocycles. The monoisotopic (exact) mass is 341 g/mol. The summed E-state index contributed by atoms with van der Waals surface area (Å²) in [4.78, 5) is 0.813. The first-order valence-corrected chi connectivity index (χ1v) is 7.91. The first-order chi connectivity index (χ1) is 7.39. The van der Waals surface area contributed by atoms with Crippen LogP contribution in [0.1, 0.15) is 0 Å². The Morgan fingerprint density at radius 2 is 2.12 bits per heavy atom. The number of hydrogen-bond donors (Lipinski definition) is 0. The molecule has 5 nitrogen and oxygen atoms in total. The van der Waals surface area contributed by atoms with Gasteiger partial charge in [-0.2, -0.15) is 0 Å². The van der Waals surface area contributed by atoms with Crippen molar-refractivity contribution in [3.8, 4) is 10.7 Å². The molecule has 2 rings (SSSR count). The summed E-state index contributed by atoms with van der Waals surface area (Å²) in [6.45, 7) is 0. The van der Waals surface area contributed by atoms with Crippen LogP contribution in [0.2, 0.25) is 0 Å². The molecule has 0 amide bonds. The minimum Gasteiger partial charge on any atom is -0.299 e.